The van der Waals surface area contributed by atoms with E-state index < -0.39 is 0 Å². The minimum atomic E-state index is 0.126. The number of likely N-dealkylation sites (tertiary alicyclic amines) is 2. The van der Waals surface area contributed by atoms with Crippen molar-refractivity contribution in [3.63, 3.8) is 0 Å². The van der Waals surface area contributed by atoms with Crippen molar-refractivity contribution in [2.24, 2.45) is 16.3 Å². The van der Waals surface area contributed by atoms with E-state index in [0.29, 0.717) is 6.42 Å². The summed E-state index contributed by atoms with van der Waals surface area (Å²) in [6, 6.07) is 0. The molecule has 3 aliphatic rings. The average Bonchev–Trinajstić information content (AvgIpc) is 2.93. The van der Waals surface area contributed by atoms with Gasteiger partial charge in [0.1, 0.15) is 0 Å². The third kappa shape index (κ3) is 4.21. The van der Waals surface area contributed by atoms with Gasteiger partial charge in [-0.2, -0.15) is 0 Å². The Kier molecular flexibility index (Phi) is 5.64. The van der Waals surface area contributed by atoms with E-state index in [1.54, 1.807) is 0 Å². The van der Waals surface area contributed by atoms with Crippen molar-refractivity contribution in [1.82, 2.24) is 20.4 Å². The number of piperidine rings is 2. The lowest BCUT2D eigenvalue weighted by Gasteiger charge is -2.41. The molecular formula is C18H33N5O. The Hall–Kier alpha value is -1.30. The molecule has 0 aliphatic carbocycles. The normalized spacial score (nSPS) is 30.0. The first-order valence-electron chi connectivity index (χ1n) is 9.51. The number of hydrogen-bond acceptors (Lipinski definition) is 3. The van der Waals surface area contributed by atoms with Crippen molar-refractivity contribution in [3.05, 3.63) is 0 Å². The van der Waals surface area contributed by atoms with Gasteiger partial charge in [0.05, 0.1) is 0 Å². The summed E-state index contributed by atoms with van der Waals surface area (Å²) >= 11 is 0. The van der Waals surface area contributed by atoms with Gasteiger partial charge in [0.25, 0.3) is 0 Å². The molecule has 6 heteroatoms. The summed E-state index contributed by atoms with van der Waals surface area (Å²) in [7, 11) is 4.09. The van der Waals surface area contributed by atoms with E-state index in [2.05, 4.69) is 32.5 Å². The van der Waals surface area contributed by atoms with Gasteiger partial charge < -0.3 is 20.4 Å². The molecule has 0 aromatic heterocycles. The van der Waals surface area contributed by atoms with Crippen LogP contribution in [-0.4, -0.2) is 75.0 Å². The van der Waals surface area contributed by atoms with Gasteiger partial charge in [-0.25, -0.2) is 0 Å². The zero-order chi connectivity index (χ0) is 17.0. The van der Waals surface area contributed by atoms with Gasteiger partial charge in [0, 0.05) is 45.1 Å². The summed E-state index contributed by atoms with van der Waals surface area (Å²) in [4.78, 5) is 20.9. The summed E-state index contributed by atoms with van der Waals surface area (Å²) in [6.07, 6.45) is 6.83. The molecule has 136 valence electrons. The number of rotatable bonds is 3. The number of carbonyl (C=O) groups excluding carboxylic acids is 1. The van der Waals surface area contributed by atoms with Gasteiger partial charge >= 0.3 is 0 Å². The van der Waals surface area contributed by atoms with E-state index >= 15 is 0 Å². The summed E-state index contributed by atoms with van der Waals surface area (Å²) in [5.74, 6) is 2.07. The number of aliphatic imine (C=N–C) groups is 1. The molecule has 0 aromatic carbocycles. The SMILES string of the molecule is CN=C(NCCC1CCN(C)CC1)N1CCCC2(CNC(=O)C2)C1. The third-order valence-electron chi connectivity index (χ3n) is 6.04. The van der Waals surface area contributed by atoms with Crippen molar-refractivity contribution in [3.8, 4) is 0 Å². The minimum absolute atomic E-state index is 0.126. The maximum atomic E-state index is 11.7. The van der Waals surface area contributed by atoms with Crippen LogP contribution < -0.4 is 10.6 Å². The van der Waals surface area contributed by atoms with Crippen LogP contribution in [0.5, 0.6) is 0 Å². The van der Waals surface area contributed by atoms with Crippen molar-refractivity contribution in [2.75, 3.05) is 53.4 Å². The molecule has 1 unspecified atom stereocenters. The quantitative estimate of drug-likeness (QED) is 0.594. The molecule has 3 saturated heterocycles. The van der Waals surface area contributed by atoms with Crippen LogP contribution in [0.2, 0.25) is 0 Å². The highest BCUT2D eigenvalue weighted by molar-refractivity contribution is 5.81. The van der Waals surface area contributed by atoms with Gasteiger partial charge in [0.15, 0.2) is 5.96 Å². The first-order chi connectivity index (χ1) is 11.6. The fourth-order valence-corrected chi connectivity index (χ4v) is 4.50. The molecule has 0 radical (unpaired) electrons. The zero-order valence-corrected chi connectivity index (χ0v) is 15.3. The molecule has 0 bridgehead atoms. The number of amides is 1. The molecule has 1 spiro atoms. The Morgan fingerprint density at radius 3 is 2.83 bits per heavy atom. The summed E-state index contributed by atoms with van der Waals surface area (Å²) < 4.78 is 0. The lowest BCUT2D eigenvalue weighted by atomic mass is 9.79. The Morgan fingerprint density at radius 1 is 1.38 bits per heavy atom. The molecular weight excluding hydrogens is 302 g/mol. The maximum absolute atomic E-state index is 11.7. The molecule has 3 fully saturated rings. The second-order valence-corrected chi connectivity index (χ2v) is 7.99. The van der Waals surface area contributed by atoms with Gasteiger partial charge in [-0.15, -0.1) is 0 Å². The van der Waals surface area contributed by atoms with Crippen LogP contribution >= 0.6 is 0 Å². The van der Waals surface area contributed by atoms with Crippen LogP contribution in [0.25, 0.3) is 0 Å². The van der Waals surface area contributed by atoms with Crippen molar-refractivity contribution < 1.29 is 4.79 Å². The molecule has 0 aromatic rings. The largest absolute Gasteiger partial charge is 0.356 e. The molecule has 1 atom stereocenters. The number of nitrogens with zero attached hydrogens (tertiary/aromatic N) is 3. The smallest absolute Gasteiger partial charge is 0.220 e. The second-order valence-electron chi connectivity index (χ2n) is 7.99. The van der Waals surface area contributed by atoms with E-state index in [-0.39, 0.29) is 11.3 Å². The number of guanidine groups is 1. The van der Waals surface area contributed by atoms with Gasteiger partial charge in [-0.05, 0) is 58.2 Å². The lowest BCUT2D eigenvalue weighted by molar-refractivity contribution is -0.119. The van der Waals surface area contributed by atoms with Crippen molar-refractivity contribution in [2.45, 2.75) is 38.5 Å². The minimum Gasteiger partial charge on any atom is -0.356 e. The first-order valence-corrected chi connectivity index (χ1v) is 9.51. The summed E-state index contributed by atoms with van der Waals surface area (Å²) in [6.45, 7) is 6.28. The van der Waals surface area contributed by atoms with E-state index in [4.69, 9.17) is 0 Å². The third-order valence-corrected chi connectivity index (χ3v) is 6.04. The standard InChI is InChI=1S/C18H33N5O/c1-19-17(20-8-4-15-5-10-22(2)11-6-15)23-9-3-7-18(14-23)12-16(24)21-13-18/h15H,3-14H2,1-2H3,(H,19,20)(H,21,24). The Bertz CT molecular complexity index is 472. The predicted octanol–water partition coefficient (Wildman–Crippen LogP) is 0.896. The van der Waals surface area contributed by atoms with Crippen molar-refractivity contribution in [1.29, 1.82) is 0 Å². The maximum Gasteiger partial charge on any atom is 0.220 e. The van der Waals surface area contributed by atoms with E-state index in [1.165, 1.54) is 32.4 Å². The number of carbonyl (C=O) groups is 1. The molecule has 0 saturated carbocycles. The summed E-state index contributed by atoms with van der Waals surface area (Å²) in [5.41, 5.74) is 0.126. The lowest BCUT2D eigenvalue weighted by Crippen LogP contribution is -2.51. The van der Waals surface area contributed by atoms with Crippen LogP contribution in [0.3, 0.4) is 0 Å². The second kappa shape index (κ2) is 7.72. The Balaban J connectivity index is 1.46. The highest BCUT2D eigenvalue weighted by atomic mass is 16.1. The predicted molar refractivity (Wildman–Crippen MR) is 97.1 cm³/mol. The van der Waals surface area contributed by atoms with Crippen LogP contribution in [0, 0.1) is 11.3 Å². The zero-order valence-electron chi connectivity index (χ0n) is 15.3. The molecule has 2 N–H and O–H groups in total. The number of hydrogen-bond donors (Lipinski definition) is 2. The van der Waals surface area contributed by atoms with Crippen LogP contribution in [0.15, 0.2) is 4.99 Å². The Labute approximate surface area is 146 Å². The van der Waals surface area contributed by atoms with E-state index in [9.17, 15) is 4.79 Å². The molecule has 3 heterocycles. The molecule has 3 rings (SSSR count). The topological polar surface area (TPSA) is 60.0 Å². The fraction of sp³-hybridized carbons (Fsp3) is 0.889. The van der Waals surface area contributed by atoms with E-state index in [0.717, 1.165) is 50.9 Å². The molecule has 1 amide bonds. The molecule has 3 aliphatic heterocycles. The van der Waals surface area contributed by atoms with Gasteiger partial charge in [-0.3, -0.25) is 9.79 Å². The van der Waals surface area contributed by atoms with Crippen LogP contribution in [-0.2, 0) is 4.79 Å². The van der Waals surface area contributed by atoms with E-state index in [1.807, 2.05) is 7.05 Å². The monoisotopic (exact) mass is 335 g/mol. The first kappa shape index (κ1) is 17.5. The number of nitrogens with one attached hydrogen (secondary N) is 2. The van der Waals surface area contributed by atoms with Gasteiger partial charge in [-0.1, -0.05) is 0 Å². The van der Waals surface area contributed by atoms with Crippen LogP contribution in [0.1, 0.15) is 38.5 Å². The van der Waals surface area contributed by atoms with Gasteiger partial charge in [0.2, 0.25) is 5.91 Å². The Morgan fingerprint density at radius 2 is 2.17 bits per heavy atom. The summed E-state index contributed by atoms with van der Waals surface area (Å²) in [5, 5.41) is 6.59. The molecule has 24 heavy (non-hydrogen) atoms. The highest BCUT2D eigenvalue weighted by Crippen LogP contribution is 2.36. The average molecular weight is 335 g/mol. The highest BCUT2D eigenvalue weighted by Gasteiger charge is 2.42. The van der Waals surface area contributed by atoms with Crippen LogP contribution in [0.4, 0.5) is 0 Å². The van der Waals surface area contributed by atoms with Crippen molar-refractivity contribution >= 4 is 11.9 Å². The molecule has 6 nitrogen and oxygen atoms in total. The fourth-order valence-electron chi connectivity index (χ4n) is 4.50.